The van der Waals surface area contributed by atoms with E-state index >= 15 is 0 Å². The first-order valence-electron chi connectivity index (χ1n) is 7.87. The first-order valence-corrected chi connectivity index (χ1v) is 7.87. The van der Waals surface area contributed by atoms with E-state index in [1.54, 1.807) is 0 Å². The molecule has 1 unspecified atom stereocenters. The van der Waals surface area contributed by atoms with Crippen molar-refractivity contribution in [1.82, 2.24) is 10.2 Å². The molecule has 0 amide bonds. The quantitative estimate of drug-likeness (QED) is 0.642. The van der Waals surface area contributed by atoms with Crippen molar-refractivity contribution in [3.8, 4) is 0 Å². The molecule has 1 fully saturated rings. The van der Waals surface area contributed by atoms with Crippen LogP contribution in [0.2, 0.25) is 0 Å². The zero-order valence-electron chi connectivity index (χ0n) is 12.4. The standard InChI is InChI=1S/C15H32N2O/c1-3-4-13-18-14-10-16-9-12-17-11-7-5-6-8-15(17)2/h15-16H,3-14H2,1-2H3. The smallest absolute Gasteiger partial charge is 0.0590 e. The summed E-state index contributed by atoms with van der Waals surface area (Å²) in [4.78, 5) is 2.64. The van der Waals surface area contributed by atoms with E-state index in [9.17, 15) is 0 Å². The van der Waals surface area contributed by atoms with Crippen LogP contribution < -0.4 is 5.32 Å². The van der Waals surface area contributed by atoms with E-state index in [0.717, 1.165) is 32.3 Å². The molecule has 1 N–H and O–H groups in total. The molecule has 1 aliphatic heterocycles. The fourth-order valence-corrected chi connectivity index (χ4v) is 2.51. The highest BCUT2D eigenvalue weighted by atomic mass is 16.5. The highest BCUT2D eigenvalue weighted by Gasteiger charge is 2.15. The molecule has 3 nitrogen and oxygen atoms in total. The van der Waals surface area contributed by atoms with Gasteiger partial charge in [0.25, 0.3) is 0 Å². The summed E-state index contributed by atoms with van der Waals surface area (Å²) in [5.41, 5.74) is 0. The van der Waals surface area contributed by atoms with Gasteiger partial charge in [0, 0.05) is 32.3 Å². The Bertz CT molecular complexity index is 187. The van der Waals surface area contributed by atoms with Crippen molar-refractivity contribution in [1.29, 1.82) is 0 Å². The van der Waals surface area contributed by atoms with Crippen molar-refractivity contribution < 1.29 is 4.74 Å². The second-order valence-corrected chi connectivity index (χ2v) is 5.45. The van der Waals surface area contributed by atoms with Crippen molar-refractivity contribution in [3.05, 3.63) is 0 Å². The summed E-state index contributed by atoms with van der Waals surface area (Å²) in [7, 11) is 0. The molecule has 0 bridgehead atoms. The third-order valence-corrected chi connectivity index (χ3v) is 3.83. The van der Waals surface area contributed by atoms with Crippen LogP contribution in [-0.4, -0.2) is 50.3 Å². The summed E-state index contributed by atoms with van der Waals surface area (Å²) in [6.45, 7) is 10.9. The molecule has 0 saturated carbocycles. The van der Waals surface area contributed by atoms with Crippen LogP contribution in [0.25, 0.3) is 0 Å². The van der Waals surface area contributed by atoms with Gasteiger partial charge in [-0.1, -0.05) is 26.2 Å². The van der Waals surface area contributed by atoms with E-state index < -0.39 is 0 Å². The van der Waals surface area contributed by atoms with Crippen LogP contribution in [0.15, 0.2) is 0 Å². The third kappa shape index (κ3) is 7.34. The van der Waals surface area contributed by atoms with E-state index in [2.05, 4.69) is 24.1 Å². The number of nitrogens with one attached hydrogen (secondary N) is 1. The molecule has 0 aromatic rings. The molecule has 3 heteroatoms. The minimum atomic E-state index is 0.773. The second-order valence-electron chi connectivity index (χ2n) is 5.45. The van der Waals surface area contributed by atoms with Crippen LogP contribution in [0.5, 0.6) is 0 Å². The first kappa shape index (κ1) is 15.9. The van der Waals surface area contributed by atoms with Gasteiger partial charge in [0.1, 0.15) is 0 Å². The summed E-state index contributed by atoms with van der Waals surface area (Å²) in [5.74, 6) is 0. The third-order valence-electron chi connectivity index (χ3n) is 3.83. The lowest BCUT2D eigenvalue weighted by Gasteiger charge is -2.26. The van der Waals surface area contributed by atoms with E-state index in [4.69, 9.17) is 4.74 Å². The number of nitrogens with zero attached hydrogens (tertiary/aromatic N) is 1. The molecule has 0 aliphatic carbocycles. The van der Waals surface area contributed by atoms with Crippen LogP contribution in [-0.2, 0) is 4.74 Å². The molecule has 0 spiro atoms. The molecule has 18 heavy (non-hydrogen) atoms. The fraction of sp³-hybridized carbons (Fsp3) is 1.00. The van der Waals surface area contributed by atoms with Crippen LogP contribution in [0, 0.1) is 0 Å². The Balaban J connectivity index is 1.93. The van der Waals surface area contributed by atoms with Crippen molar-refractivity contribution in [2.24, 2.45) is 0 Å². The highest BCUT2D eigenvalue weighted by molar-refractivity contribution is 4.72. The number of hydrogen-bond acceptors (Lipinski definition) is 3. The first-order chi connectivity index (χ1) is 8.84. The molecular formula is C15H32N2O. The molecule has 0 radical (unpaired) electrons. The van der Waals surface area contributed by atoms with Crippen LogP contribution >= 0.6 is 0 Å². The molecular weight excluding hydrogens is 224 g/mol. The largest absolute Gasteiger partial charge is 0.380 e. The van der Waals surface area contributed by atoms with E-state index in [1.165, 1.54) is 51.6 Å². The normalized spacial score (nSPS) is 22.0. The van der Waals surface area contributed by atoms with Crippen molar-refractivity contribution in [2.75, 3.05) is 39.4 Å². The van der Waals surface area contributed by atoms with Gasteiger partial charge in [0.2, 0.25) is 0 Å². The minimum Gasteiger partial charge on any atom is -0.380 e. The lowest BCUT2D eigenvalue weighted by molar-refractivity contribution is 0.131. The molecule has 1 aliphatic rings. The SMILES string of the molecule is CCCCOCCNCCN1CCCCCC1C. The summed E-state index contributed by atoms with van der Waals surface area (Å²) in [5, 5.41) is 3.48. The maximum absolute atomic E-state index is 5.53. The maximum Gasteiger partial charge on any atom is 0.0590 e. The molecule has 1 saturated heterocycles. The average Bonchev–Trinajstić information content (AvgIpc) is 2.58. The summed E-state index contributed by atoms with van der Waals surface area (Å²) < 4.78 is 5.53. The lowest BCUT2D eigenvalue weighted by Crippen LogP contribution is -2.38. The summed E-state index contributed by atoms with van der Waals surface area (Å²) in [6.07, 6.45) is 7.99. The average molecular weight is 256 g/mol. The minimum absolute atomic E-state index is 0.773. The highest BCUT2D eigenvalue weighted by Crippen LogP contribution is 2.15. The van der Waals surface area contributed by atoms with Crippen LogP contribution in [0.1, 0.15) is 52.4 Å². The molecule has 108 valence electrons. The summed E-state index contributed by atoms with van der Waals surface area (Å²) in [6, 6.07) is 0.773. The Morgan fingerprint density at radius 3 is 2.89 bits per heavy atom. The topological polar surface area (TPSA) is 24.5 Å². The number of hydrogen-bond donors (Lipinski definition) is 1. The molecule has 1 atom stereocenters. The predicted molar refractivity (Wildman–Crippen MR) is 78.1 cm³/mol. The van der Waals surface area contributed by atoms with Gasteiger partial charge >= 0.3 is 0 Å². The predicted octanol–water partition coefficient (Wildman–Crippen LogP) is 2.66. The lowest BCUT2D eigenvalue weighted by atomic mass is 10.1. The van der Waals surface area contributed by atoms with Gasteiger partial charge in [-0.15, -0.1) is 0 Å². The molecule has 1 heterocycles. The zero-order valence-corrected chi connectivity index (χ0v) is 12.4. The van der Waals surface area contributed by atoms with Gasteiger partial charge in [0.05, 0.1) is 6.61 Å². The van der Waals surface area contributed by atoms with Gasteiger partial charge in [-0.05, 0) is 32.7 Å². The monoisotopic (exact) mass is 256 g/mol. The van der Waals surface area contributed by atoms with Gasteiger partial charge in [-0.3, -0.25) is 4.90 Å². The molecule has 0 aromatic carbocycles. The fourth-order valence-electron chi connectivity index (χ4n) is 2.51. The van der Waals surface area contributed by atoms with Gasteiger partial charge in [-0.2, -0.15) is 0 Å². The number of likely N-dealkylation sites (tertiary alicyclic amines) is 1. The van der Waals surface area contributed by atoms with E-state index in [1.807, 2.05) is 0 Å². The van der Waals surface area contributed by atoms with E-state index in [-0.39, 0.29) is 0 Å². The van der Waals surface area contributed by atoms with Crippen molar-refractivity contribution >= 4 is 0 Å². The van der Waals surface area contributed by atoms with Gasteiger partial charge in [-0.25, -0.2) is 0 Å². The maximum atomic E-state index is 5.53. The number of unbranched alkanes of at least 4 members (excludes halogenated alkanes) is 1. The van der Waals surface area contributed by atoms with Gasteiger partial charge in [0.15, 0.2) is 0 Å². The van der Waals surface area contributed by atoms with E-state index in [0.29, 0.717) is 0 Å². The van der Waals surface area contributed by atoms with Crippen LogP contribution in [0.4, 0.5) is 0 Å². The Morgan fingerprint density at radius 1 is 1.17 bits per heavy atom. The summed E-state index contributed by atoms with van der Waals surface area (Å²) >= 11 is 0. The van der Waals surface area contributed by atoms with Crippen LogP contribution in [0.3, 0.4) is 0 Å². The number of ether oxygens (including phenoxy) is 1. The van der Waals surface area contributed by atoms with Crippen molar-refractivity contribution in [2.45, 2.75) is 58.4 Å². The second kappa shape index (κ2) is 10.8. The van der Waals surface area contributed by atoms with Crippen molar-refractivity contribution in [3.63, 3.8) is 0 Å². The molecule has 0 aromatic heterocycles. The Labute approximate surface area is 113 Å². The Morgan fingerprint density at radius 2 is 2.06 bits per heavy atom. The zero-order chi connectivity index (χ0) is 13.1. The van der Waals surface area contributed by atoms with Gasteiger partial charge < -0.3 is 10.1 Å². The molecule has 1 rings (SSSR count). The Kier molecular flexibility index (Phi) is 9.54. The number of rotatable bonds is 9. The Hall–Kier alpha value is -0.120.